The maximum atomic E-state index is 13.0. The summed E-state index contributed by atoms with van der Waals surface area (Å²) in [6.45, 7) is 1.65. The molecule has 2 aromatic rings. The molecule has 3 rings (SSSR count). The average Bonchev–Trinajstić information content (AvgIpc) is 2.74. The minimum absolute atomic E-state index is 0.144. The molecule has 1 aliphatic rings. The maximum Gasteiger partial charge on any atom is 0.253 e. The third-order valence-electron chi connectivity index (χ3n) is 5.38. The van der Waals surface area contributed by atoms with Gasteiger partial charge in [-0.05, 0) is 50.2 Å². The summed E-state index contributed by atoms with van der Waals surface area (Å²) in [6.07, 6.45) is 4.75. The molecule has 2 N–H and O–H groups in total. The van der Waals surface area contributed by atoms with Crippen LogP contribution in [-0.4, -0.2) is 47.5 Å². The van der Waals surface area contributed by atoms with Gasteiger partial charge in [0.15, 0.2) is 0 Å². The fraction of sp³-hybridized carbons (Fsp3) is 0.409. The standard InChI is InChI=1S/C22H27FN4O3/c1-26-11-3-2-4-19(26)13-24-20(28)15-27-14-17(7-10-21(27)29)22(30)25-12-16-5-8-18(23)9-6-16/h5-10,14,19H,2-4,11-13,15H2,1H3,(H,24,28)(H,25,30)/t19-/m0/s1. The number of benzene rings is 1. The molecule has 0 bridgehead atoms. The molecule has 160 valence electrons. The Hall–Kier alpha value is -3.00. The second-order valence-electron chi connectivity index (χ2n) is 7.63. The van der Waals surface area contributed by atoms with E-state index in [1.807, 2.05) is 0 Å². The third kappa shape index (κ3) is 6.00. The first-order valence-corrected chi connectivity index (χ1v) is 10.1. The van der Waals surface area contributed by atoms with Crippen LogP contribution in [0.25, 0.3) is 0 Å². The largest absolute Gasteiger partial charge is 0.353 e. The van der Waals surface area contributed by atoms with Crippen LogP contribution >= 0.6 is 0 Å². The van der Waals surface area contributed by atoms with Crippen molar-refractivity contribution in [2.45, 2.75) is 38.4 Å². The number of hydrogen-bond acceptors (Lipinski definition) is 4. The van der Waals surface area contributed by atoms with Crippen molar-refractivity contribution in [2.75, 3.05) is 20.1 Å². The van der Waals surface area contributed by atoms with Crippen LogP contribution < -0.4 is 16.2 Å². The van der Waals surface area contributed by atoms with Crippen molar-refractivity contribution >= 4 is 11.8 Å². The second-order valence-corrected chi connectivity index (χ2v) is 7.63. The summed E-state index contributed by atoms with van der Waals surface area (Å²) >= 11 is 0. The van der Waals surface area contributed by atoms with Gasteiger partial charge in [0.05, 0.1) is 5.56 Å². The van der Waals surface area contributed by atoms with Gasteiger partial charge in [-0.1, -0.05) is 18.6 Å². The van der Waals surface area contributed by atoms with E-state index in [0.717, 1.165) is 24.9 Å². The molecular weight excluding hydrogens is 387 g/mol. The van der Waals surface area contributed by atoms with E-state index in [4.69, 9.17) is 0 Å². The van der Waals surface area contributed by atoms with Crippen molar-refractivity contribution in [1.29, 1.82) is 0 Å². The van der Waals surface area contributed by atoms with E-state index in [0.29, 0.717) is 12.6 Å². The Balaban J connectivity index is 1.55. The molecular formula is C22H27FN4O3. The van der Waals surface area contributed by atoms with Gasteiger partial charge in [-0.25, -0.2) is 4.39 Å². The molecule has 1 aromatic carbocycles. The van der Waals surface area contributed by atoms with Crippen LogP contribution in [0.3, 0.4) is 0 Å². The molecule has 30 heavy (non-hydrogen) atoms. The molecule has 0 radical (unpaired) electrons. The molecule has 0 saturated carbocycles. The Morgan fingerprint density at radius 3 is 2.60 bits per heavy atom. The van der Waals surface area contributed by atoms with Gasteiger partial charge in [-0.15, -0.1) is 0 Å². The van der Waals surface area contributed by atoms with E-state index in [1.165, 1.54) is 41.5 Å². The Labute approximate surface area is 174 Å². The highest BCUT2D eigenvalue weighted by atomic mass is 19.1. The Morgan fingerprint density at radius 2 is 1.87 bits per heavy atom. The van der Waals surface area contributed by atoms with Crippen molar-refractivity contribution in [1.82, 2.24) is 20.1 Å². The molecule has 1 atom stereocenters. The monoisotopic (exact) mass is 414 g/mol. The van der Waals surface area contributed by atoms with Crippen molar-refractivity contribution in [3.05, 3.63) is 69.9 Å². The van der Waals surface area contributed by atoms with Crippen LogP contribution in [0.5, 0.6) is 0 Å². The van der Waals surface area contributed by atoms with E-state index >= 15 is 0 Å². The number of likely N-dealkylation sites (N-methyl/N-ethyl adjacent to an activating group) is 1. The van der Waals surface area contributed by atoms with E-state index in [1.54, 1.807) is 12.1 Å². The second kappa shape index (κ2) is 10.2. The molecule has 1 aliphatic heterocycles. The zero-order chi connectivity index (χ0) is 21.5. The third-order valence-corrected chi connectivity index (χ3v) is 5.38. The highest BCUT2D eigenvalue weighted by Crippen LogP contribution is 2.13. The van der Waals surface area contributed by atoms with Gasteiger partial charge in [0.2, 0.25) is 5.91 Å². The summed E-state index contributed by atoms with van der Waals surface area (Å²) in [7, 11) is 2.05. The van der Waals surface area contributed by atoms with Gasteiger partial charge in [0.25, 0.3) is 11.5 Å². The van der Waals surface area contributed by atoms with Crippen molar-refractivity contribution in [3.63, 3.8) is 0 Å². The summed E-state index contributed by atoms with van der Waals surface area (Å²) in [5, 5.41) is 5.61. The lowest BCUT2D eigenvalue weighted by molar-refractivity contribution is -0.122. The summed E-state index contributed by atoms with van der Waals surface area (Å²) < 4.78 is 14.2. The number of piperidine rings is 1. The summed E-state index contributed by atoms with van der Waals surface area (Å²) in [5.41, 5.74) is 0.677. The highest BCUT2D eigenvalue weighted by Gasteiger charge is 2.19. The maximum absolute atomic E-state index is 13.0. The normalized spacial score (nSPS) is 16.8. The molecule has 1 fully saturated rings. The SMILES string of the molecule is CN1CCCC[C@H]1CNC(=O)Cn1cc(C(=O)NCc2ccc(F)cc2)ccc1=O. The van der Waals surface area contributed by atoms with Gasteiger partial charge in [0.1, 0.15) is 12.4 Å². The number of aromatic nitrogens is 1. The van der Waals surface area contributed by atoms with Crippen molar-refractivity contribution in [2.24, 2.45) is 0 Å². The zero-order valence-electron chi connectivity index (χ0n) is 17.1. The molecule has 0 unspecified atom stereocenters. The Morgan fingerprint density at radius 1 is 1.10 bits per heavy atom. The van der Waals surface area contributed by atoms with Crippen LogP contribution in [0, 0.1) is 5.82 Å². The van der Waals surface area contributed by atoms with Crippen LogP contribution in [0.4, 0.5) is 4.39 Å². The average molecular weight is 414 g/mol. The molecule has 0 aliphatic carbocycles. The smallest absolute Gasteiger partial charge is 0.253 e. The van der Waals surface area contributed by atoms with Gasteiger partial charge in [-0.3, -0.25) is 14.4 Å². The van der Waals surface area contributed by atoms with E-state index in [9.17, 15) is 18.8 Å². The molecule has 0 spiro atoms. The quantitative estimate of drug-likeness (QED) is 0.720. The van der Waals surface area contributed by atoms with Gasteiger partial charge in [0, 0.05) is 31.4 Å². The van der Waals surface area contributed by atoms with Gasteiger partial charge in [-0.2, -0.15) is 0 Å². The van der Waals surface area contributed by atoms with Crippen LogP contribution in [0.15, 0.2) is 47.4 Å². The zero-order valence-corrected chi connectivity index (χ0v) is 17.1. The van der Waals surface area contributed by atoms with Gasteiger partial charge < -0.3 is 20.1 Å². The molecule has 7 nitrogen and oxygen atoms in total. The van der Waals surface area contributed by atoms with E-state index in [-0.39, 0.29) is 41.8 Å². The minimum Gasteiger partial charge on any atom is -0.353 e. The van der Waals surface area contributed by atoms with Crippen LogP contribution in [0.1, 0.15) is 35.2 Å². The first kappa shape index (κ1) is 21.7. The lowest BCUT2D eigenvalue weighted by Gasteiger charge is -2.32. The number of pyridine rings is 1. The number of carbonyl (C=O) groups excluding carboxylic acids is 2. The predicted molar refractivity (Wildman–Crippen MR) is 112 cm³/mol. The number of hydrogen-bond donors (Lipinski definition) is 2. The molecule has 1 aromatic heterocycles. The fourth-order valence-electron chi connectivity index (χ4n) is 3.52. The fourth-order valence-corrected chi connectivity index (χ4v) is 3.52. The number of halogens is 1. The molecule has 2 heterocycles. The number of amides is 2. The number of nitrogens with one attached hydrogen (secondary N) is 2. The first-order valence-electron chi connectivity index (χ1n) is 10.1. The summed E-state index contributed by atoms with van der Waals surface area (Å²) in [5.74, 6) is -0.984. The summed E-state index contributed by atoms with van der Waals surface area (Å²) in [4.78, 5) is 39.1. The topological polar surface area (TPSA) is 83.4 Å². The highest BCUT2D eigenvalue weighted by molar-refractivity contribution is 5.93. The minimum atomic E-state index is -0.377. The Bertz CT molecular complexity index is 942. The van der Waals surface area contributed by atoms with Gasteiger partial charge >= 0.3 is 0 Å². The van der Waals surface area contributed by atoms with Crippen LogP contribution in [0.2, 0.25) is 0 Å². The van der Waals surface area contributed by atoms with Crippen LogP contribution in [-0.2, 0) is 17.9 Å². The lowest BCUT2D eigenvalue weighted by atomic mass is 10.0. The van der Waals surface area contributed by atoms with E-state index in [2.05, 4.69) is 22.6 Å². The van der Waals surface area contributed by atoms with Crippen molar-refractivity contribution in [3.8, 4) is 0 Å². The number of likely N-dealkylation sites (tertiary alicyclic amines) is 1. The number of nitrogens with zero attached hydrogens (tertiary/aromatic N) is 2. The lowest BCUT2D eigenvalue weighted by Crippen LogP contribution is -2.45. The number of carbonyl (C=O) groups is 2. The Kier molecular flexibility index (Phi) is 7.35. The van der Waals surface area contributed by atoms with Crippen molar-refractivity contribution < 1.29 is 14.0 Å². The summed E-state index contributed by atoms with van der Waals surface area (Å²) in [6, 6.07) is 8.83. The molecule has 1 saturated heterocycles. The molecule has 2 amide bonds. The first-order chi connectivity index (χ1) is 14.4. The number of rotatable bonds is 7. The predicted octanol–water partition coefficient (Wildman–Crippen LogP) is 1.52. The molecule has 8 heteroatoms. The van der Waals surface area contributed by atoms with E-state index < -0.39 is 0 Å².